The van der Waals surface area contributed by atoms with E-state index in [-0.39, 0.29) is 30.0 Å². The van der Waals surface area contributed by atoms with E-state index in [0.29, 0.717) is 18.4 Å². The number of hydrogen-bond donors (Lipinski definition) is 1. The van der Waals surface area contributed by atoms with Gasteiger partial charge < -0.3 is 15.4 Å². The Morgan fingerprint density at radius 2 is 2.12 bits per heavy atom. The lowest BCUT2D eigenvalue weighted by Gasteiger charge is -2.35. The number of rotatable bonds is 4. The van der Waals surface area contributed by atoms with Gasteiger partial charge in [0.1, 0.15) is 0 Å². The van der Waals surface area contributed by atoms with Crippen LogP contribution in [-0.2, 0) is 4.74 Å². The van der Waals surface area contributed by atoms with E-state index >= 15 is 0 Å². The third kappa shape index (κ3) is 5.97. The highest BCUT2D eigenvalue weighted by Crippen LogP contribution is 2.25. The molecule has 26 heavy (non-hydrogen) atoms. The molecular weight excluding hydrogens is 463 g/mol. The minimum atomic E-state index is 0. The van der Waals surface area contributed by atoms with Crippen molar-refractivity contribution in [3.05, 3.63) is 34.9 Å². The monoisotopic (exact) mass is 492 g/mol. The summed E-state index contributed by atoms with van der Waals surface area (Å²) in [4.78, 5) is 9.40. The number of benzene rings is 1. The summed E-state index contributed by atoms with van der Waals surface area (Å²) in [6.45, 7) is 8.30. The van der Waals surface area contributed by atoms with E-state index < -0.39 is 0 Å². The van der Waals surface area contributed by atoms with E-state index in [1.54, 1.807) is 0 Å². The third-order valence-corrected chi connectivity index (χ3v) is 5.36. The number of piperidine rings is 1. The third-order valence-electron chi connectivity index (χ3n) is 5.13. The molecule has 0 saturated carbocycles. The second-order valence-electron chi connectivity index (χ2n) is 7.11. The number of guanidine groups is 1. The average Bonchev–Trinajstić information content (AvgIpc) is 2.63. The number of likely N-dealkylation sites (tertiary alicyclic amines) is 1. The van der Waals surface area contributed by atoms with Crippen LogP contribution >= 0.6 is 35.6 Å². The van der Waals surface area contributed by atoms with Gasteiger partial charge in [-0.15, -0.1) is 24.0 Å². The van der Waals surface area contributed by atoms with Crippen molar-refractivity contribution in [3.63, 3.8) is 0 Å². The molecule has 2 unspecified atom stereocenters. The van der Waals surface area contributed by atoms with Gasteiger partial charge >= 0.3 is 0 Å². The fourth-order valence-corrected chi connectivity index (χ4v) is 3.91. The maximum atomic E-state index is 6.30. The molecule has 0 aliphatic carbocycles. The molecule has 1 aromatic rings. The number of nitrogens with zero attached hydrogens (tertiary/aromatic N) is 3. The maximum Gasteiger partial charge on any atom is 0.191 e. The molecule has 2 heterocycles. The van der Waals surface area contributed by atoms with Crippen molar-refractivity contribution < 1.29 is 4.74 Å². The van der Waals surface area contributed by atoms with Gasteiger partial charge in [-0.3, -0.25) is 9.89 Å². The number of aliphatic imine (C=N–C) groups is 1. The summed E-state index contributed by atoms with van der Waals surface area (Å²) >= 11 is 6.22. The second-order valence-corrected chi connectivity index (χ2v) is 7.55. The van der Waals surface area contributed by atoms with E-state index in [1.165, 1.54) is 18.4 Å². The summed E-state index contributed by atoms with van der Waals surface area (Å²) in [5.41, 5.74) is 7.50. The molecule has 0 spiro atoms. The van der Waals surface area contributed by atoms with Gasteiger partial charge in [-0.1, -0.05) is 30.7 Å². The number of ether oxygens (including phenoxy) is 1. The number of morpholine rings is 1. The van der Waals surface area contributed by atoms with Crippen LogP contribution < -0.4 is 5.73 Å². The lowest BCUT2D eigenvalue weighted by Crippen LogP contribution is -2.44. The Bertz CT molecular complexity index is 595. The predicted octanol–water partition coefficient (Wildman–Crippen LogP) is 3.38. The fraction of sp³-hybridized carbons (Fsp3) is 0.632. The standard InChI is InChI=1S/C19H29ClN4O.HI/c1-15-4-3-7-24(14-15)19(21)22-13-18(23-8-10-25-11-9-23)16-5-2-6-17(20)12-16;/h2,5-6,12,15,18H,3-4,7-11,13-14H2,1H3,(H2,21,22);1H. The lowest BCUT2D eigenvalue weighted by atomic mass is 10.0. The summed E-state index contributed by atoms with van der Waals surface area (Å²) < 4.78 is 5.51. The van der Waals surface area contributed by atoms with Crippen molar-refractivity contribution >= 4 is 41.5 Å². The van der Waals surface area contributed by atoms with Crippen LogP contribution in [0.4, 0.5) is 0 Å². The largest absolute Gasteiger partial charge is 0.379 e. The first-order chi connectivity index (χ1) is 12.1. The molecule has 0 radical (unpaired) electrons. The topological polar surface area (TPSA) is 54.1 Å². The Kier molecular flexibility index (Phi) is 8.93. The Morgan fingerprint density at radius 3 is 2.81 bits per heavy atom. The van der Waals surface area contributed by atoms with Crippen molar-refractivity contribution in [2.24, 2.45) is 16.6 Å². The van der Waals surface area contributed by atoms with Gasteiger partial charge in [-0.25, -0.2) is 0 Å². The first kappa shape index (κ1) is 21.7. The summed E-state index contributed by atoms with van der Waals surface area (Å²) in [5, 5.41) is 0.762. The van der Waals surface area contributed by atoms with Crippen LogP contribution in [0.15, 0.2) is 29.3 Å². The molecule has 0 amide bonds. The van der Waals surface area contributed by atoms with Crippen LogP contribution in [0, 0.1) is 5.92 Å². The van der Waals surface area contributed by atoms with Crippen molar-refractivity contribution in [1.82, 2.24) is 9.80 Å². The maximum absolute atomic E-state index is 6.30. The van der Waals surface area contributed by atoms with Crippen LogP contribution in [-0.4, -0.2) is 61.7 Å². The first-order valence-electron chi connectivity index (χ1n) is 9.25. The highest BCUT2D eigenvalue weighted by molar-refractivity contribution is 14.0. The van der Waals surface area contributed by atoms with E-state index in [2.05, 4.69) is 22.8 Å². The molecule has 146 valence electrons. The summed E-state index contributed by atoms with van der Waals surface area (Å²) in [7, 11) is 0. The molecule has 2 atom stereocenters. The van der Waals surface area contributed by atoms with Crippen LogP contribution in [0.3, 0.4) is 0 Å². The van der Waals surface area contributed by atoms with Crippen LogP contribution in [0.2, 0.25) is 5.02 Å². The number of halogens is 2. The van der Waals surface area contributed by atoms with Crippen molar-refractivity contribution in [2.75, 3.05) is 45.9 Å². The second kappa shape index (κ2) is 10.7. The molecule has 0 aromatic heterocycles. The quantitative estimate of drug-likeness (QED) is 0.398. The predicted molar refractivity (Wildman–Crippen MR) is 118 cm³/mol. The molecule has 1 aromatic carbocycles. The molecule has 2 saturated heterocycles. The van der Waals surface area contributed by atoms with E-state index in [9.17, 15) is 0 Å². The Labute approximate surface area is 178 Å². The Morgan fingerprint density at radius 1 is 1.35 bits per heavy atom. The number of nitrogens with two attached hydrogens (primary N) is 1. The molecule has 2 N–H and O–H groups in total. The summed E-state index contributed by atoms with van der Waals surface area (Å²) in [6.07, 6.45) is 2.47. The van der Waals surface area contributed by atoms with Gasteiger partial charge in [0, 0.05) is 31.2 Å². The molecule has 3 rings (SSSR count). The molecule has 2 aliphatic heterocycles. The van der Waals surface area contributed by atoms with Gasteiger partial charge in [0.25, 0.3) is 0 Å². The zero-order valence-electron chi connectivity index (χ0n) is 15.4. The normalized spacial score (nSPS) is 23.4. The highest BCUT2D eigenvalue weighted by atomic mass is 127. The Balaban J connectivity index is 0.00000243. The SMILES string of the molecule is CC1CCCN(C(N)=NCC(c2cccc(Cl)c2)N2CCOCC2)C1.I. The van der Waals surface area contributed by atoms with Crippen LogP contribution in [0.25, 0.3) is 0 Å². The molecule has 7 heteroatoms. The van der Waals surface area contributed by atoms with Gasteiger partial charge in [0.05, 0.1) is 25.8 Å². The molecule has 2 aliphatic rings. The van der Waals surface area contributed by atoms with Crippen molar-refractivity contribution in [3.8, 4) is 0 Å². The van der Waals surface area contributed by atoms with Gasteiger partial charge in [-0.05, 0) is 36.5 Å². The highest BCUT2D eigenvalue weighted by Gasteiger charge is 2.24. The summed E-state index contributed by atoms with van der Waals surface area (Å²) in [6, 6.07) is 8.26. The lowest BCUT2D eigenvalue weighted by molar-refractivity contribution is 0.0179. The zero-order chi connectivity index (χ0) is 17.6. The van der Waals surface area contributed by atoms with E-state index in [1.807, 2.05) is 18.2 Å². The average molecular weight is 493 g/mol. The van der Waals surface area contributed by atoms with Crippen LogP contribution in [0.1, 0.15) is 31.4 Å². The Hall–Kier alpha value is -0.570. The van der Waals surface area contributed by atoms with Gasteiger partial charge in [-0.2, -0.15) is 0 Å². The van der Waals surface area contributed by atoms with Crippen LogP contribution in [0.5, 0.6) is 0 Å². The smallest absolute Gasteiger partial charge is 0.191 e. The van der Waals surface area contributed by atoms with Crippen molar-refractivity contribution in [2.45, 2.75) is 25.8 Å². The molecule has 0 bridgehead atoms. The van der Waals surface area contributed by atoms with Gasteiger partial charge in [0.15, 0.2) is 5.96 Å². The minimum absolute atomic E-state index is 0. The number of hydrogen-bond acceptors (Lipinski definition) is 3. The minimum Gasteiger partial charge on any atom is -0.379 e. The molecular formula is C19H30ClIN4O. The molecule has 2 fully saturated rings. The zero-order valence-corrected chi connectivity index (χ0v) is 18.5. The van der Waals surface area contributed by atoms with Gasteiger partial charge in [0.2, 0.25) is 0 Å². The first-order valence-corrected chi connectivity index (χ1v) is 9.63. The van der Waals surface area contributed by atoms with Crippen molar-refractivity contribution in [1.29, 1.82) is 0 Å². The van der Waals surface area contributed by atoms with E-state index in [4.69, 9.17) is 27.1 Å². The molecule has 5 nitrogen and oxygen atoms in total. The fourth-order valence-electron chi connectivity index (χ4n) is 3.71. The van der Waals surface area contributed by atoms with E-state index in [0.717, 1.165) is 44.4 Å². The summed E-state index contributed by atoms with van der Waals surface area (Å²) in [5.74, 6) is 1.36.